The summed E-state index contributed by atoms with van der Waals surface area (Å²) >= 11 is 0. The van der Waals surface area contributed by atoms with Gasteiger partial charge in [0.25, 0.3) is 5.91 Å². The van der Waals surface area contributed by atoms with Crippen LogP contribution < -0.4 is 5.32 Å². The number of hydrogen-bond acceptors (Lipinski definition) is 6. The van der Waals surface area contributed by atoms with Gasteiger partial charge in [0.15, 0.2) is 6.10 Å². The number of benzene rings is 1. The Bertz CT molecular complexity index is 998. The summed E-state index contributed by atoms with van der Waals surface area (Å²) < 4.78 is 32.0. The summed E-state index contributed by atoms with van der Waals surface area (Å²) in [6.45, 7) is 2.87. The highest BCUT2D eigenvalue weighted by atomic mass is 32.2. The van der Waals surface area contributed by atoms with E-state index in [9.17, 15) is 22.8 Å². The third kappa shape index (κ3) is 5.22. The second kappa shape index (κ2) is 9.80. The smallest absolute Gasteiger partial charge is 0.312 e. The van der Waals surface area contributed by atoms with Crippen LogP contribution in [0.3, 0.4) is 0 Å². The first-order chi connectivity index (χ1) is 15.8. The molecule has 4 rings (SSSR count). The zero-order valence-corrected chi connectivity index (χ0v) is 19.7. The quantitative estimate of drug-likeness (QED) is 0.602. The Balaban J connectivity index is 1.29. The van der Waals surface area contributed by atoms with Crippen LogP contribution in [-0.4, -0.2) is 67.2 Å². The van der Waals surface area contributed by atoms with Crippen molar-refractivity contribution in [2.75, 3.05) is 25.0 Å². The van der Waals surface area contributed by atoms with Gasteiger partial charge in [-0.3, -0.25) is 14.4 Å². The maximum atomic E-state index is 12.6. The lowest BCUT2D eigenvalue weighted by molar-refractivity contribution is -0.157. The van der Waals surface area contributed by atoms with Crippen molar-refractivity contribution in [3.8, 4) is 0 Å². The summed E-state index contributed by atoms with van der Waals surface area (Å²) in [6, 6.07) is 6.17. The molecule has 33 heavy (non-hydrogen) atoms. The number of ether oxygens (including phenoxy) is 1. The Morgan fingerprint density at radius 2 is 1.70 bits per heavy atom. The van der Waals surface area contributed by atoms with Crippen molar-refractivity contribution in [3.05, 3.63) is 24.3 Å². The molecule has 0 radical (unpaired) electrons. The van der Waals surface area contributed by atoms with Gasteiger partial charge >= 0.3 is 5.97 Å². The standard InChI is InChI=1S/C23H31N3O6S/c1-16(32-23(29)17-14-21(27)26(15-17)19-6-2-3-7-19)22(28)24-18-8-10-20(11-9-18)33(30,31)25-12-4-5-13-25/h8-11,16-17,19H,2-7,12-15H2,1H3,(H,24,28)/t16-,17-/m1/s1. The largest absolute Gasteiger partial charge is 0.452 e. The van der Waals surface area contributed by atoms with Crippen LogP contribution in [0.15, 0.2) is 29.2 Å². The van der Waals surface area contributed by atoms with Gasteiger partial charge in [-0.15, -0.1) is 0 Å². The lowest BCUT2D eigenvalue weighted by Gasteiger charge is -2.24. The molecule has 2 aliphatic heterocycles. The SMILES string of the molecule is C[C@@H](OC(=O)[C@@H]1CC(=O)N(C2CCCC2)C1)C(=O)Nc1ccc(S(=O)(=O)N2CCCC2)cc1. The summed E-state index contributed by atoms with van der Waals surface area (Å²) in [5.74, 6) is -1.64. The summed E-state index contributed by atoms with van der Waals surface area (Å²) in [5.41, 5.74) is 0.409. The normalized spacial score (nSPS) is 23.1. The van der Waals surface area contributed by atoms with E-state index in [-0.39, 0.29) is 23.3 Å². The van der Waals surface area contributed by atoms with Gasteiger partial charge in [0.1, 0.15) is 0 Å². The van der Waals surface area contributed by atoms with E-state index in [0.717, 1.165) is 38.5 Å². The summed E-state index contributed by atoms with van der Waals surface area (Å²) in [6.07, 6.45) is 4.96. The lowest BCUT2D eigenvalue weighted by atomic mass is 10.1. The van der Waals surface area contributed by atoms with Crippen molar-refractivity contribution in [1.82, 2.24) is 9.21 Å². The number of carbonyl (C=O) groups excluding carboxylic acids is 3. The molecule has 10 heteroatoms. The molecule has 0 bridgehead atoms. The average Bonchev–Trinajstić information content (AvgIpc) is 3.55. The number of rotatable bonds is 7. The Hall–Kier alpha value is -2.46. The first kappa shape index (κ1) is 23.7. The molecule has 1 saturated carbocycles. The topological polar surface area (TPSA) is 113 Å². The van der Waals surface area contributed by atoms with E-state index in [1.165, 1.54) is 35.5 Å². The van der Waals surface area contributed by atoms with Crippen LogP contribution in [0.1, 0.15) is 51.9 Å². The van der Waals surface area contributed by atoms with E-state index in [0.29, 0.717) is 25.3 Å². The first-order valence-corrected chi connectivity index (χ1v) is 13.1. The molecule has 3 aliphatic rings. The molecule has 2 heterocycles. The van der Waals surface area contributed by atoms with Crippen LogP contribution in [0.4, 0.5) is 5.69 Å². The molecule has 9 nitrogen and oxygen atoms in total. The Morgan fingerprint density at radius 1 is 1.06 bits per heavy atom. The average molecular weight is 478 g/mol. The maximum Gasteiger partial charge on any atom is 0.312 e. The highest BCUT2D eigenvalue weighted by Gasteiger charge is 2.40. The van der Waals surface area contributed by atoms with E-state index in [2.05, 4.69) is 5.32 Å². The van der Waals surface area contributed by atoms with Crippen molar-refractivity contribution in [3.63, 3.8) is 0 Å². The number of nitrogens with one attached hydrogen (secondary N) is 1. The van der Waals surface area contributed by atoms with Crippen LogP contribution in [0.25, 0.3) is 0 Å². The zero-order valence-electron chi connectivity index (χ0n) is 18.9. The highest BCUT2D eigenvalue weighted by Crippen LogP contribution is 2.30. The Kier molecular flexibility index (Phi) is 7.04. The predicted octanol–water partition coefficient (Wildman–Crippen LogP) is 2.13. The van der Waals surface area contributed by atoms with Crippen molar-refractivity contribution < 1.29 is 27.5 Å². The molecule has 2 amide bonds. The van der Waals surface area contributed by atoms with Crippen molar-refractivity contribution >= 4 is 33.5 Å². The van der Waals surface area contributed by atoms with E-state index in [1.807, 2.05) is 0 Å². The van der Waals surface area contributed by atoms with E-state index < -0.39 is 33.9 Å². The Labute approximate surface area is 194 Å². The minimum absolute atomic E-state index is 0.0232. The third-order valence-corrected chi connectivity index (χ3v) is 8.66. The number of hydrogen-bond donors (Lipinski definition) is 1. The molecule has 0 unspecified atom stereocenters. The molecule has 2 saturated heterocycles. The molecular formula is C23H31N3O6S. The van der Waals surface area contributed by atoms with Gasteiger partial charge in [-0.25, -0.2) is 8.42 Å². The van der Waals surface area contributed by atoms with E-state index >= 15 is 0 Å². The van der Waals surface area contributed by atoms with Gasteiger partial charge in [-0.1, -0.05) is 12.8 Å². The van der Waals surface area contributed by atoms with Gasteiger partial charge in [0.2, 0.25) is 15.9 Å². The van der Waals surface area contributed by atoms with Crippen molar-refractivity contribution in [2.45, 2.75) is 68.9 Å². The lowest BCUT2D eigenvalue weighted by Crippen LogP contribution is -2.36. The van der Waals surface area contributed by atoms with Gasteiger partial charge in [-0.05, 0) is 56.9 Å². The molecule has 1 aromatic carbocycles. The molecule has 1 aromatic rings. The summed E-state index contributed by atoms with van der Waals surface area (Å²) in [7, 11) is -3.52. The van der Waals surface area contributed by atoms with E-state index in [1.54, 1.807) is 4.90 Å². The van der Waals surface area contributed by atoms with Crippen LogP contribution in [0, 0.1) is 5.92 Å². The molecule has 3 fully saturated rings. The molecule has 2 atom stereocenters. The Morgan fingerprint density at radius 3 is 2.33 bits per heavy atom. The second-order valence-corrected chi connectivity index (χ2v) is 11.0. The van der Waals surface area contributed by atoms with Gasteiger partial charge in [-0.2, -0.15) is 4.31 Å². The highest BCUT2D eigenvalue weighted by molar-refractivity contribution is 7.89. The third-order valence-electron chi connectivity index (χ3n) is 6.74. The number of sulfonamides is 1. The number of amides is 2. The summed E-state index contributed by atoms with van der Waals surface area (Å²) in [4.78, 5) is 39.3. The minimum Gasteiger partial charge on any atom is -0.452 e. The molecule has 1 aliphatic carbocycles. The molecule has 180 valence electrons. The van der Waals surface area contributed by atoms with Gasteiger partial charge < -0.3 is 15.0 Å². The number of likely N-dealkylation sites (tertiary alicyclic amines) is 1. The number of anilines is 1. The summed E-state index contributed by atoms with van der Waals surface area (Å²) in [5, 5.41) is 2.65. The number of esters is 1. The van der Waals surface area contributed by atoms with Crippen LogP contribution >= 0.6 is 0 Å². The fourth-order valence-electron chi connectivity index (χ4n) is 4.81. The number of carbonyl (C=O) groups is 3. The fraction of sp³-hybridized carbons (Fsp3) is 0.609. The molecule has 1 N–H and O–H groups in total. The van der Waals surface area contributed by atoms with Crippen LogP contribution in [-0.2, 0) is 29.1 Å². The minimum atomic E-state index is -3.52. The van der Waals surface area contributed by atoms with Crippen molar-refractivity contribution in [2.24, 2.45) is 5.92 Å². The van der Waals surface area contributed by atoms with E-state index in [4.69, 9.17) is 4.74 Å². The molecule has 0 spiro atoms. The van der Waals surface area contributed by atoms with Crippen molar-refractivity contribution in [1.29, 1.82) is 0 Å². The molecular weight excluding hydrogens is 446 g/mol. The predicted molar refractivity (Wildman–Crippen MR) is 121 cm³/mol. The van der Waals surface area contributed by atoms with Gasteiger partial charge in [0.05, 0.1) is 10.8 Å². The van der Waals surface area contributed by atoms with Crippen LogP contribution in [0.5, 0.6) is 0 Å². The monoisotopic (exact) mass is 477 g/mol. The zero-order chi connectivity index (χ0) is 23.6. The second-order valence-electron chi connectivity index (χ2n) is 9.09. The maximum absolute atomic E-state index is 12.6. The van der Waals surface area contributed by atoms with Gasteiger partial charge in [0, 0.05) is 37.8 Å². The number of nitrogens with zero attached hydrogens (tertiary/aromatic N) is 2. The molecule has 0 aromatic heterocycles. The van der Waals surface area contributed by atoms with Crippen LogP contribution in [0.2, 0.25) is 0 Å². The fourth-order valence-corrected chi connectivity index (χ4v) is 6.33. The first-order valence-electron chi connectivity index (χ1n) is 11.7.